The zero-order valence-electron chi connectivity index (χ0n) is 21.8. The molecule has 0 saturated carbocycles. The molecule has 0 radical (unpaired) electrons. The maximum Gasteiger partial charge on any atom is 0.342 e. The van der Waals surface area contributed by atoms with Crippen LogP contribution in [0.5, 0.6) is 11.5 Å². The maximum atomic E-state index is 12.7. The van der Waals surface area contributed by atoms with Crippen LogP contribution in [0.4, 0.5) is 0 Å². The Morgan fingerprint density at radius 1 is 1.16 bits per heavy atom. The van der Waals surface area contributed by atoms with Gasteiger partial charge in [0.15, 0.2) is 6.61 Å². The predicted octanol–water partition coefficient (Wildman–Crippen LogP) is 5.12. The van der Waals surface area contributed by atoms with Crippen LogP contribution < -0.4 is 0 Å². The molecule has 0 aliphatic carbocycles. The molecule has 202 valence electrons. The Hall–Kier alpha value is -4.07. The number of carbonyl (C=O) groups is 2. The summed E-state index contributed by atoms with van der Waals surface area (Å²) in [6, 6.07) is 12.8. The van der Waals surface area contributed by atoms with Crippen LogP contribution in [-0.2, 0) is 20.8 Å². The number of likely N-dealkylation sites (tertiary alicyclic amines) is 1. The van der Waals surface area contributed by atoms with Crippen LogP contribution in [0.2, 0.25) is 0 Å². The summed E-state index contributed by atoms with van der Waals surface area (Å²) >= 11 is 0. The Kier molecular flexibility index (Phi) is 11.0. The van der Waals surface area contributed by atoms with Crippen molar-refractivity contribution in [2.45, 2.75) is 44.9 Å². The molecular weight excluding hydrogens is 484 g/mol. The van der Waals surface area contributed by atoms with Crippen molar-refractivity contribution in [1.29, 1.82) is 0 Å². The summed E-state index contributed by atoms with van der Waals surface area (Å²) in [6.07, 6.45) is 8.28. The number of ether oxygens (including phenoxy) is 1. The van der Waals surface area contributed by atoms with Crippen molar-refractivity contribution in [3.05, 3.63) is 84.0 Å². The molecule has 1 aliphatic rings. The number of benzene rings is 2. The fraction of sp³-hybridized carbons (Fsp3) is 0.367. The number of hydrogen-bond acceptors (Lipinski definition) is 7. The first-order valence-corrected chi connectivity index (χ1v) is 12.9. The van der Waals surface area contributed by atoms with Crippen molar-refractivity contribution >= 4 is 17.6 Å². The molecule has 0 spiro atoms. The molecule has 1 saturated heterocycles. The third-order valence-corrected chi connectivity index (χ3v) is 6.35. The predicted molar refractivity (Wildman–Crippen MR) is 146 cm³/mol. The second-order valence-corrected chi connectivity index (χ2v) is 9.12. The van der Waals surface area contributed by atoms with Gasteiger partial charge in [0.05, 0.1) is 12.3 Å². The normalized spacial score (nSPS) is 14.4. The zero-order chi connectivity index (χ0) is 27.3. The molecule has 1 aliphatic heterocycles. The molecule has 8 nitrogen and oxygen atoms in total. The van der Waals surface area contributed by atoms with Gasteiger partial charge in [0.1, 0.15) is 17.1 Å². The molecular formula is C30H36N2O6. The van der Waals surface area contributed by atoms with Crippen molar-refractivity contribution in [3.8, 4) is 11.5 Å². The van der Waals surface area contributed by atoms with Crippen LogP contribution >= 0.6 is 0 Å². The third-order valence-electron chi connectivity index (χ3n) is 6.35. The van der Waals surface area contributed by atoms with Crippen molar-refractivity contribution in [2.24, 2.45) is 5.16 Å². The molecule has 8 heteroatoms. The molecule has 0 atom stereocenters. The van der Waals surface area contributed by atoms with E-state index in [2.05, 4.69) is 23.9 Å². The van der Waals surface area contributed by atoms with Gasteiger partial charge >= 0.3 is 5.97 Å². The Bertz CT molecular complexity index is 1150. The lowest BCUT2D eigenvalue weighted by Gasteiger charge is -2.32. The fourth-order valence-electron chi connectivity index (χ4n) is 4.37. The summed E-state index contributed by atoms with van der Waals surface area (Å²) in [7, 11) is 0. The summed E-state index contributed by atoms with van der Waals surface area (Å²) < 4.78 is 5.22. The van der Waals surface area contributed by atoms with Crippen LogP contribution in [0, 0.1) is 0 Å². The van der Waals surface area contributed by atoms with E-state index in [1.807, 2.05) is 31.2 Å². The zero-order valence-corrected chi connectivity index (χ0v) is 21.8. The number of hydrogen-bond donors (Lipinski definition) is 2. The minimum Gasteiger partial charge on any atom is -0.508 e. The number of amides is 1. The summed E-state index contributed by atoms with van der Waals surface area (Å²) in [5, 5.41) is 24.5. The lowest BCUT2D eigenvalue weighted by atomic mass is 9.89. The molecule has 38 heavy (non-hydrogen) atoms. The number of aromatic hydroxyl groups is 2. The van der Waals surface area contributed by atoms with Gasteiger partial charge < -0.3 is 24.7 Å². The quantitative estimate of drug-likeness (QED) is 0.132. The number of allylic oxidation sites excluding steroid dienone is 2. The number of piperidine rings is 1. The lowest BCUT2D eigenvalue weighted by Crippen LogP contribution is -2.39. The number of rotatable bonds is 12. The Morgan fingerprint density at radius 3 is 2.58 bits per heavy atom. The van der Waals surface area contributed by atoms with E-state index < -0.39 is 11.7 Å². The first-order chi connectivity index (χ1) is 18.4. The highest BCUT2D eigenvalue weighted by Crippen LogP contribution is 2.29. The summed E-state index contributed by atoms with van der Waals surface area (Å²) in [5.74, 6) is -0.999. The van der Waals surface area contributed by atoms with Gasteiger partial charge in [0.25, 0.3) is 5.91 Å². The first-order valence-electron chi connectivity index (χ1n) is 12.9. The molecule has 2 aromatic carbocycles. The van der Waals surface area contributed by atoms with Gasteiger partial charge in [-0.1, -0.05) is 54.6 Å². The van der Waals surface area contributed by atoms with E-state index in [-0.39, 0.29) is 36.9 Å². The van der Waals surface area contributed by atoms with Gasteiger partial charge in [-0.15, -0.1) is 6.58 Å². The molecule has 1 amide bonds. The van der Waals surface area contributed by atoms with E-state index >= 15 is 0 Å². The minimum absolute atomic E-state index is 0.0539. The standard InChI is InChI=1S/C30H36N2O6/c1-3-5-12-25(18-24-19-26(33)20-27(34)29(24)30(36)37-17-6-4-2)31-38-21-28(35)32-15-13-23(14-16-32)22-10-8-7-9-11-22/h4-5,7-12,19-20,23,33-34H,2-3,6,13-18,21H2,1H3/b12-5+,31-25+. The van der Waals surface area contributed by atoms with Crippen LogP contribution in [0.1, 0.15) is 60.0 Å². The molecule has 3 rings (SSSR count). The number of nitrogens with zero attached hydrogens (tertiary/aromatic N) is 2. The van der Waals surface area contributed by atoms with E-state index in [4.69, 9.17) is 9.57 Å². The SMILES string of the molecule is C=CCCOC(=O)c1c(O)cc(O)cc1CC(/C=C/CC)=N/OCC(=O)N1CCC(c2ccccc2)CC1. The average molecular weight is 521 g/mol. The Labute approximate surface area is 223 Å². The molecule has 1 heterocycles. The number of oxime groups is 1. The molecule has 0 bridgehead atoms. The molecule has 0 aromatic heterocycles. The second-order valence-electron chi connectivity index (χ2n) is 9.12. The van der Waals surface area contributed by atoms with E-state index in [0.29, 0.717) is 36.7 Å². The number of phenols is 2. The van der Waals surface area contributed by atoms with Crippen LogP contribution in [0.25, 0.3) is 0 Å². The smallest absolute Gasteiger partial charge is 0.342 e. The summed E-state index contributed by atoms with van der Waals surface area (Å²) in [6.45, 7) is 6.78. The third kappa shape index (κ3) is 8.23. The van der Waals surface area contributed by atoms with Crippen molar-refractivity contribution in [1.82, 2.24) is 4.90 Å². The van der Waals surface area contributed by atoms with Crippen molar-refractivity contribution in [2.75, 3.05) is 26.3 Å². The topological polar surface area (TPSA) is 109 Å². The van der Waals surface area contributed by atoms with Gasteiger partial charge in [-0.2, -0.15) is 0 Å². The van der Waals surface area contributed by atoms with E-state index in [9.17, 15) is 19.8 Å². The van der Waals surface area contributed by atoms with E-state index in [1.54, 1.807) is 17.1 Å². The Balaban J connectivity index is 1.64. The van der Waals surface area contributed by atoms with Crippen molar-refractivity contribution in [3.63, 3.8) is 0 Å². The highest BCUT2D eigenvalue weighted by Gasteiger charge is 2.24. The highest BCUT2D eigenvalue weighted by molar-refractivity contribution is 6.00. The van der Waals surface area contributed by atoms with Gasteiger partial charge in [0.2, 0.25) is 0 Å². The second kappa shape index (κ2) is 14.6. The number of carbonyl (C=O) groups excluding carboxylic acids is 2. The van der Waals surface area contributed by atoms with Gasteiger partial charge in [0, 0.05) is 25.6 Å². The van der Waals surface area contributed by atoms with E-state index in [1.165, 1.54) is 11.6 Å². The molecule has 2 N–H and O–H groups in total. The fourth-order valence-corrected chi connectivity index (χ4v) is 4.37. The Morgan fingerprint density at radius 2 is 1.89 bits per heavy atom. The average Bonchev–Trinajstić information content (AvgIpc) is 2.92. The van der Waals surface area contributed by atoms with Crippen LogP contribution in [0.15, 0.2) is 72.4 Å². The number of esters is 1. The summed E-state index contributed by atoms with van der Waals surface area (Å²) in [4.78, 5) is 32.6. The summed E-state index contributed by atoms with van der Waals surface area (Å²) in [5.41, 5.74) is 1.99. The lowest BCUT2D eigenvalue weighted by molar-refractivity contribution is -0.137. The molecule has 2 aromatic rings. The maximum absolute atomic E-state index is 12.7. The van der Waals surface area contributed by atoms with E-state index in [0.717, 1.165) is 25.3 Å². The number of phenolic OH excluding ortho intramolecular Hbond substituents is 2. The van der Waals surface area contributed by atoms with Gasteiger partial charge in [-0.25, -0.2) is 4.79 Å². The first kappa shape index (κ1) is 28.5. The minimum atomic E-state index is -0.715. The highest BCUT2D eigenvalue weighted by atomic mass is 16.6. The van der Waals surface area contributed by atoms with Crippen LogP contribution in [0.3, 0.4) is 0 Å². The molecule has 0 unspecified atom stereocenters. The van der Waals surface area contributed by atoms with Gasteiger partial charge in [-0.3, -0.25) is 4.79 Å². The van der Waals surface area contributed by atoms with Crippen molar-refractivity contribution < 1.29 is 29.4 Å². The monoisotopic (exact) mass is 520 g/mol. The van der Waals surface area contributed by atoms with Gasteiger partial charge in [-0.05, 0) is 54.9 Å². The molecule has 1 fully saturated rings. The largest absolute Gasteiger partial charge is 0.508 e. The van der Waals surface area contributed by atoms with Crippen LogP contribution in [-0.4, -0.2) is 59.0 Å².